The average Bonchev–Trinajstić information content (AvgIpc) is 3.08. The van der Waals surface area contributed by atoms with Gasteiger partial charge in [0.1, 0.15) is 5.69 Å². The van der Waals surface area contributed by atoms with Crippen molar-refractivity contribution in [2.45, 2.75) is 26.3 Å². The maximum Gasteiger partial charge on any atom is 0.264 e. The van der Waals surface area contributed by atoms with E-state index in [9.17, 15) is 4.79 Å². The zero-order chi connectivity index (χ0) is 17.4. The van der Waals surface area contributed by atoms with Gasteiger partial charge in [-0.05, 0) is 38.1 Å². The fourth-order valence-electron chi connectivity index (χ4n) is 3.15. The number of nitrogens with zero attached hydrogens (tertiary/aromatic N) is 4. The molecule has 0 aliphatic carbocycles. The van der Waals surface area contributed by atoms with Crippen LogP contribution in [-0.2, 0) is 6.42 Å². The van der Waals surface area contributed by atoms with Gasteiger partial charge in [0.2, 0.25) is 0 Å². The Hall–Kier alpha value is -2.60. The van der Waals surface area contributed by atoms with Gasteiger partial charge in [0.15, 0.2) is 5.82 Å². The maximum atomic E-state index is 12.8. The molecule has 0 bridgehead atoms. The summed E-state index contributed by atoms with van der Waals surface area (Å²) in [4.78, 5) is 30.1. The van der Waals surface area contributed by atoms with E-state index < -0.39 is 0 Å². The van der Waals surface area contributed by atoms with Crippen molar-refractivity contribution in [1.29, 1.82) is 0 Å². The molecule has 5 nitrogen and oxygen atoms in total. The summed E-state index contributed by atoms with van der Waals surface area (Å²) in [5.41, 5.74) is 2.80. The molecule has 3 aromatic rings. The first-order chi connectivity index (χ1) is 12.1. The fraction of sp³-hybridized carbons (Fsp3) is 0.263. The Labute approximate surface area is 150 Å². The molecule has 6 heteroatoms. The molecule has 0 saturated heterocycles. The third-order valence-corrected chi connectivity index (χ3v) is 5.50. The first-order valence-electron chi connectivity index (χ1n) is 8.28. The normalized spacial score (nSPS) is 16.6. The topological polar surface area (TPSA) is 59.0 Å². The van der Waals surface area contributed by atoms with Gasteiger partial charge in [-0.3, -0.25) is 9.78 Å². The molecule has 0 radical (unpaired) electrons. The van der Waals surface area contributed by atoms with Gasteiger partial charge < -0.3 is 4.90 Å². The van der Waals surface area contributed by atoms with Crippen LogP contribution in [0.1, 0.15) is 38.8 Å². The quantitative estimate of drug-likeness (QED) is 0.707. The molecular weight excluding hydrogens is 332 g/mol. The summed E-state index contributed by atoms with van der Waals surface area (Å²) in [6.07, 6.45) is 4.32. The van der Waals surface area contributed by atoms with Crippen molar-refractivity contribution in [3.63, 3.8) is 0 Å². The van der Waals surface area contributed by atoms with Crippen LogP contribution >= 0.6 is 11.3 Å². The molecule has 1 aliphatic heterocycles. The lowest BCUT2D eigenvalue weighted by Gasteiger charge is -2.34. The summed E-state index contributed by atoms with van der Waals surface area (Å²) in [7, 11) is 0. The van der Waals surface area contributed by atoms with E-state index in [4.69, 9.17) is 4.98 Å². The Morgan fingerprint density at radius 2 is 2.12 bits per heavy atom. The second-order valence-electron chi connectivity index (χ2n) is 6.15. The van der Waals surface area contributed by atoms with Crippen LogP contribution in [0.15, 0.2) is 42.7 Å². The van der Waals surface area contributed by atoms with Crippen molar-refractivity contribution in [3.8, 4) is 11.5 Å². The van der Waals surface area contributed by atoms with Gasteiger partial charge in [-0.25, -0.2) is 9.97 Å². The number of carbonyl (C=O) groups excluding carboxylic acids is 1. The Morgan fingerprint density at radius 1 is 1.24 bits per heavy atom. The molecule has 25 heavy (non-hydrogen) atoms. The maximum absolute atomic E-state index is 12.8. The largest absolute Gasteiger partial charge is 0.331 e. The number of amides is 1. The molecule has 3 aromatic heterocycles. The minimum atomic E-state index is -0.0311. The highest BCUT2D eigenvalue weighted by molar-refractivity contribution is 7.13. The highest BCUT2D eigenvalue weighted by atomic mass is 32.1. The lowest BCUT2D eigenvalue weighted by atomic mass is 9.99. The monoisotopic (exact) mass is 350 g/mol. The van der Waals surface area contributed by atoms with Crippen LogP contribution < -0.4 is 0 Å². The summed E-state index contributed by atoms with van der Waals surface area (Å²) in [6, 6.07) is 9.57. The van der Waals surface area contributed by atoms with Gasteiger partial charge in [0.25, 0.3) is 5.91 Å². The number of hydrogen-bond donors (Lipinski definition) is 0. The molecule has 1 amide bonds. The van der Waals surface area contributed by atoms with Crippen LogP contribution in [0.3, 0.4) is 0 Å². The first kappa shape index (κ1) is 15.9. The van der Waals surface area contributed by atoms with E-state index in [1.807, 2.05) is 55.3 Å². The van der Waals surface area contributed by atoms with Crippen LogP contribution in [0, 0.1) is 6.92 Å². The van der Waals surface area contributed by atoms with Crippen molar-refractivity contribution in [3.05, 3.63) is 63.7 Å². The predicted octanol–water partition coefficient (Wildman–Crippen LogP) is 3.67. The highest BCUT2D eigenvalue weighted by Gasteiger charge is 2.30. The third-order valence-electron chi connectivity index (χ3n) is 4.51. The number of fused-ring (bicyclic) bond motifs is 1. The summed E-state index contributed by atoms with van der Waals surface area (Å²) in [6.45, 7) is 4.73. The second kappa shape index (κ2) is 6.37. The van der Waals surface area contributed by atoms with Crippen molar-refractivity contribution >= 4 is 17.2 Å². The number of carbonyl (C=O) groups is 1. The fourth-order valence-corrected chi connectivity index (χ4v) is 3.97. The van der Waals surface area contributed by atoms with Crippen LogP contribution in [0.2, 0.25) is 0 Å². The van der Waals surface area contributed by atoms with Gasteiger partial charge in [0.05, 0.1) is 16.6 Å². The molecule has 1 unspecified atom stereocenters. The Bertz CT molecular complexity index is 922. The van der Waals surface area contributed by atoms with Crippen molar-refractivity contribution in [2.75, 3.05) is 6.54 Å². The van der Waals surface area contributed by atoms with Crippen LogP contribution in [0.25, 0.3) is 11.5 Å². The van der Waals surface area contributed by atoms with Gasteiger partial charge in [0, 0.05) is 35.8 Å². The van der Waals surface area contributed by atoms with Gasteiger partial charge in [-0.2, -0.15) is 0 Å². The van der Waals surface area contributed by atoms with Crippen LogP contribution in [0.4, 0.5) is 0 Å². The molecule has 1 aliphatic rings. The molecule has 0 aromatic carbocycles. The first-order valence-corrected chi connectivity index (χ1v) is 9.10. The minimum Gasteiger partial charge on any atom is -0.331 e. The highest BCUT2D eigenvalue weighted by Crippen LogP contribution is 2.31. The molecule has 0 N–H and O–H groups in total. The average molecular weight is 350 g/mol. The SMILES string of the molecule is Cc1ccc(C(=O)N2CCc3nc(-c4ccccn4)ncc3C2C)s1. The third kappa shape index (κ3) is 2.93. The standard InChI is InChI=1S/C19H18N4OS/c1-12-6-7-17(25-12)19(24)23-10-8-15-14(13(23)2)11-21-18(22-15)16-5-3-4-9-20-16/h3-7,9,11,13H,8,10H2,1-2H3. The summed E-state index contributed by atoms with van der Waals surface area (Å²) in [5, 5.41) is 0. The molecular formula is C19H18N4OS. The number of hydrogen-bond acceptors (Lipinski definition) is 5. The van der Waals surface area contributed by atoms with Crippen molar-refractivity contribution in [2.24, 2.45) is 0 Å². The number of rotatable bonds is 2. The number of aryl methyl sites for hydroxylation is 1. The smallest absolute Gasteiger partial charge is 0.264 e. The van der Waals surface area contributed by atoms with Crippen LogP contribution in [-0.4, -0.2) is 32.3 Å². The lowest BCUT2D eigenvalue weighted by molar-refractivity contribution is 0.0680. The van der Waals surface area contributed by atoms with Crippen molar-refractivity contribution < 1.29 is 4.79 Å². The molecule has 4 rings (SSSR count). The lowest BCUT2D eigenvalue weighted by Crippen LogP contribution is -2.39. The van der Waals surface area contributed by atoms with Gasteiger partial charge >= 0.3 is 0 Å². The van der Waals surface area contributed by atoms with E-state index in [1.54, 1.807) is 17.5 Å². The van der Waals surface area contributed by atoms with Gasteiger partial charge in [-0.1, -0.05) is 6.07 Å². The second-order valence-corrected chi connectivity index (χ2v) is 7.43. The van der Waals surface area contributed by atoms with E-state index >= 15 is 0 Å². The molecule has 0 fully saturated rings. The Kier molecular flexibility index (Phi) is 4.05. The van der Waals surface area contributed by atoms with E-state index in [1.165, 1.54) is 0 Å². The number of aromatic nitrogens is 3. The Balaban J connectivity index is 1.63. The summed E-state index contributed by atoms with van der Waals surface area (Å²) in [5.74, 6) is 0.727. The zero-order valence-electron chi connectivity index (χ0n) is 14.1. The van der Waals surface area contributed by atoms with E-state index in [-0.39, 0.29) is 11.9 Å². The van der Waals surface area contributed by atoms with E-state index in [0.29, 0.717) is 12.4 Å². The minimum absolute atomic E-state index is 0.0311. The molecule has 0 saturated carbocycles. The molecule has 126 valence electrons. The number of thiophene rings is 1. The summed E-state index contributed by atoms with van der Waals surface area (Å²) >= 11 is 1.54. The van der Waals surface area contributed by atoms with Crippen LogP contribution in [0.5, 0.6) is 0 Å². The van der Waals surface area contributed by atoms with E-state index in [2.05, 4.69) is 9.97 Å². The molecule has 1 atom stereocenters. The zero-order valence-corrected chi connectivity index (χ0v) is 15.0. The van der Waals surface area contributed by atoms with E-state index in [0.717, 1.165) is 33.1 Å². The number of pyridine rings is 1. The molecule has 4 heterocycles. The Morgan fingerprint density at radius 3 is 2.84 bits per heavy atom. The predicted molar refractivity (Wildman–Crippen MR) is 97.5 cm³/mol. The summed E-state index contributed by atoms with van der Waals surface area (Å²) < 4.78 is 0. The molecule has 0 spiro atoms. The van der Waals surface area contributed by atoms with Gasteiger partial charge in [-0.15, -0.1) is 11.3 Å². The van der Waals surface area contributed by atoms with Crippen molar-refractivity contribution in [1.82, 2.24) is 19.9 Å².